The first kappa shape index (κ1) is 18.0. The van der Waals surface area contributed by atoms with Gasteiger partial charge in [0.1, 0.15) is 5.82 Å². The van der Waals surface area contributed by atoms with E-state index in [1.54, 1.807) is 18.2 Å². The van der Waals surface area contributed by atoms with E-state index in [1.807, 2.05) is 24.3 Å². The Morgan fingerprint density at radius 1 is 0.923 bits per heavy atom. The van der Waals surface area contributed by atoms with Crippen molar-refractivity contribution in [1.29, 1.82) is 0 Å². The number of sulfonamides is 1. The van der Waals surface area contributed by atoms with E-state index < -0.39 is 21.7 Å². The molecule has 0 aliphatic rings. The number of rotatable bonds is 6. The first-order valence-electron chi connectivity index (χ1n) is 7.98. The lowest BCUT2D eigenvalue weighted by Gasteiger charge is -2.08. The van der Waals surface area contributed by atoms with Crippen molar-refractivity contribution in [1.82, 2.24) is 4.72 Å². The molecule has 7 heteroatoms. The van der Waals surface area contributed by atoms with Gasteiger partial charge < -0.3 is 5.32 Å². The van der Waals surface area contributed by atoms with E-state index in [1.165, 1.54) is 24.3 Å². The highest BCUT2D eigenvalue weighted by Crippen LogP contribution is 2.18. The summed E-state index contributed by atoms with van der Waals surface area (Å²) < 4.78 is 40.2. The molecule has 0 aliphatic heterocycles. The van der Waals surface area contributed by atoms with Crippen LogP contribution in [0.25, 0.3) is 10.8 Å². The minimum Gasteiger partial charge on any atom is -0.326 e. The maximum atomic E-state index is 13.1. The highest BCUT2D eigenvalue weighted by molar-refractivity contribution is 7.89. The number of benzene rings is 3. The number of anilines is 1. The van der Waals surface area contributed by atoms with Gasteiger partial charge in [0.25, 0.3) is 0 Å². The van der Waals surface area contributed by atoms with E-state index >= 15 is 0 Å². The Bertz CT molecular complexity index is 1050. The van der Waals surface area contributed by atoms with E-state index in [0.717, 1.165) is 10.8 Å². The molecule has 0 saturated carbocycles. The van der Waals surface area contributed by atoms with E-state index in [9.17, 15) is 17.6 Å². The number of carbonyl (C=O) groups is 1. The summed E-state index contributed by atoms with van der Waals surface area (Å²) in [6, 6.07) is 17.8. The Hall–Kier alpha value is -2.77. The molecule has 0 bridgehead atoms. The standard InChI is InChI=1S/C19H17FN2O3S/c20-16-6-3-7-17(13-16)22-19(23)10-11-21-26(24,25)18-9-8-14-4-1-2-5-15(14)12-18/h1-9,12-13,21H,10-11H2,(H,22,23). The Labute approximate surface area is 150 Å². The lowest BCUT2D eigenvalue weighted by atomic mass is 10.1. The van der Waals surface area contributed by atoms with Crippen LogP contribution in [0.4, 0.5) is 10.1 Å². The highest BCUT2D eigenvalue weighted by Gasteiger charge is 2.14. The molecule has 2 N–H and O–H groups in total. The Morgan fingerprint density at radius 3 is 2.46 bits per heavy atom. The quantitative estimate of drug-likeness (QED) is 0.697. The summed E-state index contributed by atoms with van der Waals surface area (Å²) >= 11 is 0. The number of carbonyl (C=O) groups excluding carboxylic acids is 1. The van der Waals surface area contributed by atoms with Gasteiger partial charge in [-0.1, -0.05) is 36.4 Å². The van der Waals surface area contributed by atoms with Gasteiger partial charge in [0.2, 0.25) is 15.9 Å². The third kappa shape index (κ3) is 4.44. The first-order chi connectivity index (χ1) is 12.4. The second-order valence-corrected chi connectivity index (χ2v) is 7.48. The van der Waals surface area contributed by atoms with Crippen molar-refractivity contribution in [2.45, 2.75) is 11.3 Å². The van der Waals surface area contributed by atoms with Crippen molar-refractivity contribution in [2.24, 2.45) is 0 Å². The van der Waals surface area contributed by atoms with Gasteiger partial charge >= 0.3 is 0 Å². The molecule has 0 saturated heterocycles. The molecule has 0 radical (unpaired) electrons. The summed E-state index contributed by atoms with van der Waals surface area (Å²) in [4.78, 5) is 12.0. The van der Waals surface area contributed by atoms with Crippen LogP contribution in [-0.2, 0) is 14.8 Å². The second kappa shape index (κ2) is 7.63. The fourth-order valence-electron chi connectivity index (χ4n) is 2.51. The van der Waals surface area contributed by atoms with Crippen molar-refractivity contribution < 1.29 is 17.6 Å². The molecule has 0 spiro atoms. The first-order valence-corrected chi connectivity index (χ1v) is 9.46. The zero-order chi connectivity index (χ0) is 18.6. The fourth-order valence-corrected chi connectivity index (χ4v) is 3.57. The molecule has 3 rings (SSSR count). The van der Waals surface area contributed by atoms with Crippen molar-refractivity contribution in [2.75, 3.05) is 11.9 Å². The lowest BCUT2D eigenvalue weighted by Crippen LogP contribution is -2.27. The van der Waals surface area contributed by atoms with Gasteiger partial charge in [-0.15, -0.1) is 0 Å². The van der Waals surface area contributed by atoms with Gasteiger partial charge in [-0.25, -0.2) is 17.5 Å². The van der Waals surface area contributed by atoms with Crippen molar-refractivity contribution >= 4 is 32.4 Å². The van der Waals surface area contributed by atoms with Crippen LogP contribution < -0.4 is 10.0 Å². The van der Waals surface area contributed by atoms with Crippen LogP contribution in [0.15, 0.2) is 71.6 Å². The van der Waals surface area contributed by atoms with Gasteiger partial charge in [-0.3, -0.25) is 4.79 Å². The molecule has 0 unspecified atom stereocenters. The molecule has 0 heterocycles. The largest absolute Gasteiger partial charge is 0.326 e. The Kier molecular flexibility index (Phi) is 5.29. The second-order valence-electron chi connectivity index (χ2n) is 5.72. The van der Waals surface area contributed by atoms with Gasteiger partial charge in [-0.2, -0.15) is 0 Å². The molecular formula is C19H17FN2O3S. The summed E-state index contributed by atoms with van der Waals surface area (Å²) in [6.07, 6.45) is -0.0661. The number of hydrogen-bond donors (Lipinski definition) is 2. The van der Waals surface area contributed by atoms with E-state index in [2.05, 4.69) is 10.0 Å². The summed E-state index contributed by atoms with van der Waals surface area (Å²) in [7, 11) is -3.72. The summed E-state index contributed by atoms with van der Waals surface area (Å²) in [5.74, 6) is -0.864. The number of amides is 1. The minimum atomic E-state index is -3.72. The van der Waals surface area contributed by atoms with Crippen LogP contribution in [0.2, 0.25) is 0 Å². The predicted octanol–water partition coefficient (Wildman–Crippen LogP) is 3.29. The maximum absolute atomic E-state index is 13.1. The number of fused-ring (bicyclic) bond motifs is 1. The van der Waals surface area contributed by atoms with Crippen LogP contribution in [0.5, 0.6) is 0 Å². The van der Waals surface area contributed by atoms with Gasteiger partial charge in [0.05, 0.1) is 4.90 Å². The topological polar surface area (TPSA) is 75.3 Å². The molecule has 0 aromatic heterocycles. The summed E-state index contributed by atoms with van der Waals surface area (Å²) in [5, 5.41) is 4.28. The SMILES string of the molecule is O=C(CCNS(=O)(=O)c1ccc2ccccc2c1)Nc1cccc(F)c1. The molecule has 3 aromatic rings. The van der Waals surface area contributed by atoms with Crippen LogP contribution in [0, 0.1) is 5.82 Å². The molecule has 0 atom stereocenters. The fraction of sp³-hybridized carbons (Fsp3) is 0.105. The minimum absolute atomic E-state index is 0.0592. The summed E-state index contributed by atoms with van der Waals surface area (Å²) in [6.45, 7) is -0.0592. The van der Waals surface area contributed by atoms with Gasteiger partial charge in [0.15, 0.2) is 0 Å². The molecule has 134 valence electrons. The zero-order valence-corrected chi connectivity index (χ0v) is 14.6. The monoisotopic (exact) mass is 372 g/mol. The van der Waals surface area contributed by atoms with E-state index in [4.69, 9.17) is 0 Å². The van der Waals surface area contributed by atoms with Crippen LogP contribution in [0.1, 0.15) is 6.42 Å². The highest BCUT2D eigenvalue weighted by atomic mass is 32.2. The molecule has 3 aromatic carbocycles. The predicted molar refractivity (Wildman–Crippen MR) is 98.8 cm³/mol. The maximum Gasteiger partial charge on any atom is 0.240 e. The summed E-state index contributed by atoms with van der Waals surface area (Å²) in [5.41, 5.74) is 0.326. The van der Waals surface area contributed by atoms with Gasteiger partial charge in [-0.05, 0) is 41.1 Å². The smallest absolute Gasteiger partial charge is 0.240 e. The molecular weight excluding hydrogens is 355 g/mol. The van der Waals surface area contributed by atoms with Crippen LogP contribution in [0.3, 0.4) is 0 Å². The van der Waals surface area contributed by atoms with Crippen LogP contribution in [-0.4, -0.2) is 20.9 Å². The zero-order valence-electron chi connectivity index (χ0n) is 13.8. The molecule has 0 fully saturated rings. The van der Waals surface area contributed by atoms with E-state index in [0.29, 0.717) is 5.69 Å². The molecule has 26 heavy (non-hydrogen) atoms. The van der Waals surface area contributed by atoms with Gasteiger partial charge in [0, 0.05) is 18.7 Å². The average molecular weight is 372 g/mol. The van der Waals surface area contributed by atoms with Crippen molar-refractivity contribution in [3.05, 3.63) is 72.5 Å². The number of halogens is 1. The van der Waals surface area contributed by atoms with Crippen molar-refractivity contribution in [3.8, 4) is 0 Å². The normalized spacial score (nSPS) is 11.4. The molecule has 5 nitrogen and oxygen atoms in total. The Morgan fingerprint density at radius 2 is 1.69 bits per heavy atom. The molecule has 1 amide bonds. The lowest BCUT2D eigenvalue weighted by molar-refractivity contribution is -0.116. The van der Waals surface area contributed by atoms with Crippen molar-refractivity contribution in [3.63, 3.8) is 0 Å². The van der Waals surface area contributed by atoms with Crippen LogP contribution >= 0.6 is 0 Å². The third-order valence-corrected chi connectivity index (χ3v) is 5.24. The average Bonchev–Trinajstić information content (AvgIpc) is 2.61. The Balaban J connectivity index is 1.59. The number of hydrogen-bond acceptors (Lipinski definition) is 3. The number of nitrogens with one attached hydrogen (secondary N) is 2. The molecule has 0 aliphatic carbocycles. The van der Waals surface area contributed by atoms with E-state index in [-0.39, 0.29) is 17.9 Å². The third-order valence-electron chi connectivity index (χ3n) is 3.78.